The summed E-state index contributed by atoms with van der Waals surface area (Å²) in [6.07, 6.45) is -2.96. The zero-order valence-electron chi connectivity index (χ0n) is 17.7. The Labute approximate surface area is 197 Å². The van der Waals surface area contributed by atoms with E-state index >= 15 is 0 Å². The van der Waals surface area contributed by atoms with Gasteiger partial charge in [-0.05, 0) is 59.8 Å². The number of tetrazole rings is 1. The van der Waals surface area contributed by atoms with Crippen molar-refractivity contribution in [2.45, 2.75) is 13.1 Å². The summed E-state index contributed by atoms with van der Waals surface area (Å²) in [5.41, 5.74) is 2.75. The maximum atomic E-state index is 13.5. The van der Waals surface area contributed by atoms with Crippen LogP contribution in [0.2, 0.25) is 5.02 Å². The second-order valence-electron chi connectivity index (χ2n) is 7.63. The Morgan fingerprint density at radius 2 is 1.62 bits per heavy atom. The van der Waals surface area contributed by atoms with Gasteiger partial charge in [-0.25, -0.2) is 4.68 Å². The SMILES string of the molecule is Cc1ccc(-n2nnnc2-c2cnn(-c3cccc(Cl)c3)c2-c2cccc(C(F)(F)F)c2)cc1. The molecule has 0 saturated heterocycles. The Bertz CT molecular complexity index is 1470. The maximum Gasteiger partial charge on any atom is 0.416 e. The number of aryl methyl sites for hydroxylation is 1. The molecule has 6 nitrogen and oxygen atoms in total. The minimum Gasteiger partial charge on any atom is -0.232 e. The monoisotopic (exact) mass is 480 g/mol. The van der Waals surface area contributed by atoms with Crippen molar-refractivity contribution in [3.05, 3.63) is 95.1 Å². The molecular formula is C24H16ClF3N6. The van der Waals surface area contributed by atoms with Crippen LogP contribution in [0.15, 0.2) is 79.0 Å². The van der Waals surface area contributed by atoms with Crippen LogP contribution < -0.4 is 0 Å². The van der Waals surface area contributed by atoms with E-state index in [1.807, 2.05) is 31.2 Å². The third kappa shape index (κ3) is 4.06. The highest BCUT2D eigenvalue weighted by molar-refractivity contribution is 6.30. The van der Waals surface area contributed by atoms with E-state index in [4.69, 9.17) is 11.6 Å². The Morgan fingerprint density at radius 1 is 0.853 bits per heavy atom. The lowest BCUT2D eigenvalue weighted by molar-refractivity contribution is -0.137. The summed E-state index contributed by atoms with van der Waals surface area (Å²) in [5, 5.41) is 17.0. The van der Waals surface area contributed by atoms with E-state index in [0.717, 1.165) is 17.7 Å². The van der Waals surface area contributed by atoms with Crippen molar-refractivity contribution < 1.29 is 13.2 Å². The van der Waals surface area contributed by atoms with Crippen LogP contribution in [-0.2, 0) is 6.18 Å². The van der Waals surface area contributed by atoms with Crippen molar-refractivity contribution in [3.8, 4) is 34.0 Å². The molecule has 0 unspecified atom stereocenters. The van der Waals surface area contributed by atoms with Crippen LogP contribution in [-0.4, -0.2) is 30.0 Å². The van der Waals surface area contributed by atoms with E-state index in [1.54, 1.807) is 30.3 Å². The van der Waals surface area contributed by atoms with Crippen LogP contribution in [0.25, 0.3) is 34.0 Å². The zero-order valence-corrected chi connectivity index (χ0v) is 18.5. The van der Waals surface area contributed by atoms with Crippen molar-refractivity contribution in [3.63, 3.8) is 0 Å². The molecule has 5 aromatic rings. The second kappa shape index (κ2) is 8.42. The highest BCUT2D eigenvalue weighted by Crippen LogP contribution is 2.37. The van der Waals surface area contributed by atoms with E-state index < -0.39 is 11.7 Å². The molecule has 3 aromatic carbocycles. The Hall–Kier alpha value is -3.98. The lowest BCUT2D eigenvalue weighted by atomic mass is 10.0. The summed E-state index contributed by atoms with van der Waals surface area (Å²) in [6, 6.07) is 19.5. The molecule has 5 rings (SSSR count). The summed E-state index contributed by atoms with van der Waals surface area (Å²) in [6.45, 7) is 1.96. The van der Waals surface area contributed by atoms with Gasteiger partial charge in [-0.1, -0.05) is 47.5 Å². The van der Waals surface area contributed by atoms with Crippen molar-refractivity contribution in [2.75, 3.05) is 0 Å². The number of hydrogen-bond donors (Lipinski definition) is 0. The van der Waals surface area contributed by atoms with Gasteiger partial charge in [-0.3, -0.25) is 0 Å². The van der Waals surface area contributed by atoms with Crippen LogP contribution in [0.4, 0.5) is 13.2 Å². The fourth-order valence-corrected chi connectivity index (χ4v) is 3.84. The first-order valence-corrected chi connectivity index (χ1v) is 10.6. The molecule has 0 amide bonds. The highest BCUT2D eigenvalue weighted by atomic mass is 35.5. The number of halogens is 4. The normalized spacial score (nSPS) is 11.7. The van der Waals surface area contributed by atoms with Gasteiger partial charge in [0.1, 0.15) is 0 Å². The van der Waals surface area contributed by atoms with Gasteiger partial charge in [0, 0.05) is 10.6 Å². The zero-order chi connectivity index (χ0) is 23.9. The Balaban J connectivity index is 1.75. The summed E-state index contributed by atoms with van der Waals surface area (Å²) in [5.74, 6) is 0.338. The summed E-state index contributed by atoms with van der Waals surface area (Å²) in [7, 11) is 0. The molecule has 2 aromatic heterocycles. The molecule has 0 aliphatic rings. The van der Waals surface area contributed by atoms with Crippen LogP contribution in [0.5, 0.6) is 0 Å². The van der Waals surface area contributed by atoms with Gasteiger partial charge >= 0.3 is 6.18 Å². The Morgan fingerprint density at radius 3 is 2.35 bits per heavy atom. The number of nitrogens with zero attached hydrogens (tertiary/aromatic N) is 6. The number of aromatic nitrogens is 6. The molecule has 0 N–H and O–H groups in total. The summed E-state index contributed by atoms with van der Waals surface area (Å²) < 4.78 is 43.6. The molecule has 10 heteroatoms. The summed E-state index contributed by atoms with van der Waals surface area (Å²) >= 11 is 6.18. The predicted molar refractivity (Wildman–Crippen MR) is 122 cm³/mol. The minimum atomic E-state index is -4.50. The van der Waals surface area contributed by atoms with Gasteiger partial charge < -0.3 is 0 Å². The molecule has 0 saturated carbocycles. The van der Waals surface area contributed by atoms with Crippen LogP contribution in [0, 0.1) is 6.92 Å². The van der Waals surface area contributed by atoms with Crippen molar-refractivity contribution in [1.29, 1.82) is 0 Å². The predicted octanol–water partition coefficient (Wildman–Crippen LogP) is 6.16. The first-order valence-electron chi connectivity index (χ1n) is 10.2. The van der Waals surface area contributed by atoms with Gasteiger partial charge in [0.15, 0.2) is 5.82 Å². The van der Waals surface area contributed by atoms with Crippen LogP contribution in [0.3, 0.4) is 0 Å². The standard InChI is InChI=1S/C24H16ClF3N6/c1-15-8-10-19(11-9-15)34-23(30-31-32-34)21-14-29-33(20-7-3-6-18(25)13-20)22(21)16-4-2-5-17(12-16)24(26,27)28/h2-14H,1H3. The van der Waals surface area contributed by atoms with Crippen LogP contribution >= 0.6 is 11.6 Å². The summed E-state index contributed by atoms with van der Waals surface area (Å²) in [4.78, 5) is 0. The average Bonchev–Trinajstić information content (AvgIpc) is 3.46. The third-order valence-corrected chi connectivity index (χ3v) is 5.51. The van der Waals surface area contributed by atoms with Crippen molar-refractivity contribution in [1.82, 2.24) is 30.0 Å². The quantitative estimate of drug-likeness (QED) is 0.309. The van der Waals surface area contributed by atoms with E-state index in [1.165, 1.54) is 21.6 Å². The van der Waals surface area contributed by atoms with Gasteiger partial charge in [0.25, 0.3) is 0 Å². The molecule has 0 aliphatic heterocycles. The molecule has 34 heavy (non-hydrogen) atoms. The molecule has 0 bridgehead atoms. The van der Waals surface area contributed by atoms with E-state index in [9.17, 15) is 13.2 Å². The van der Waals surface area contributed by atoms with Crippen molar-refractivity contribution >= 4 is 11.6 Å². The molecule has 0 aliphatic carbocycles. The molecule has 0 spiro atoms. The number of alkyl halides is 3. The van der Waals surface area contributed by atoms with E-state index in [-0.39, 0.29) is 0 Å². The van der Waals surface area contributed by atoms with E-state index in [2.05, 4.69) is 20.6 Å². The largest absolute Gasteiger partial charge is 0.416 e. The molecule has 0 fully saturated rings. The highest BCUT2D eigenvalue weighted by Gasteiger charge is 2.31. The van der Waals surface area contributed by atoms with Gasteiger partial charge in [-0.2, -0.15) is 23.0 Å². The minimum absolute atomic E-state index is 0.306. The molecule has 0 radical (unpaired) electrons. The lowest BCUT2D eigenvalue weighted by Crippen LogP contribution is -2.06. The average molecular weight is 481 g/mol. The van der Waals surface area contributed by atoms with Gasteiger partial charge in [-0.15, -0.1) is 5.10 Å². The van der Waals surface area contributed by atoms with Crippen LogP contribution in [0.1, 0.15) is 11.1 Å². The second-order valence-corrected chi connectivity index (χ2v) is 8.06. The third-order valence-electron chi connectivity index (χ3n) is 5.27. The number of hydrogen-bond acceptors (Lipinski definition) is 4. The first kappa shape index (κ1) is 21.8. The maximum absolute atomic E-state index is 13.5. The fraction of sp³-hybridized carbons (Fsp3) is 0.0833. The van der Waals surface area contributed by atoms with Gasteiger partial charge in [0.05, 0.1) is 34.4 Å². The Kier molecular flexibility index (Phi) is 5.41. The number of benzene rings is 3. The lowest BCUT2D eigenvalue weighted by Gasteiger charge is -2.13. The van der Waals surface area contributed by atoms with E-state index in [0.29, 0.717) is 39.0 Å². The number of rotatable bonds is 4. The first-order chi connectivity index (χ1) is 16.3. The molecule has 0 atom stereocenters. The molecule has 170 valence electrons. The topological polar surface area (TPSA) is 61.4 Å². The van der Waals surface area contributed by atoms with Gasteiger partial charge in [0.2, 0.25) is 0 Å². The molecular weight excluding hydrogens is 465 g/mol. The smallest absolute Gasteiger partial charge is 0.232 e. The fourth-order valence-electron chi connectivity index (χ4n) is 3.65. The van der Waals surface area contributed by atoms with Crippen molar-refractivity contribution in [2.24, 2.45) is 0 Å². The molecule has 2 heterocycles.